The highest BCUT2D eigenvalue weighted by Gasteiger charge is 2.21. The van der Waals surface area contributed by atoms with Gasteiger partial charge in [0, 0.05) is 42.3 Å². The molecule has 1 aliphatic heterocycles. The normalized spacial score (nSPS) is 15.8. The van der Waals surface area contributed by atoms with E-state index in [9.17, 15) is 0 Å². The fourth-order valence-electron chi connectivity index (χ4n) is 3.92. The lowest BCUT2D eigenvalue weighted by molar-refractivity contribution is 0.181. The molecule has 4 rings (SSSR count). The van der Waals surface area contributed by atoms with Gasteiger partial charge in [-0.15, -0.1) is 0 Å². The molecule has 2 aromatic carbocycles. The van der Waals surface area contributed by atoms with E-state index in [1.807, 2.05) is 6.07 Å². The maximum Gasteiger partial charge on any atom is 0.0511 e. The van der Waals surface area contributed by atoms with Gasteiger partial charge in [0.25, 0.3) is 0 Å². The molecule has 0 atom stereocenters. The lowest BCUT2D eigenvalue weighted by Gasteiger charge is -2.33. The standard InChI is InChI=1S/C21H23N5/c22-24-23-15-18-6-7-19-8-13-26(21(19)14-18)20-9-11-25(12-10-20)16-17-4-2-1-3-5-17/h1-8,13-14,20H,9-12,15-16H2. The van der Waals surface area contributed by atoms with E-state index < -0.39 is 0 Å². The van der Waals surface area contributed by atoms with Crippen LogP contribution in [-0.2, 0) is 13.1 Å². The molecule has 132 valence electrons. The van der Waals surface area contributed by atoms with Crippen LogP contribution in [0, 0.1) is 0 Å². The van der Waals surface area contributed by atoms with Crippen molar-refractivity contribution in [2.24, 2.45) is 5.11 Å². The van der Waals surface area contributed by atoms with Gasteiger partial charge in [-0.25, -0.2) is 0 Å². The molecule has 1 fully saturated rings. The largest absolute Gasteiger partial charge is 0.344 e. The minimum Gasteiger partial charge on any atom is -0.344 e. The number of likely N-dealkylation sites (tertiary alicyclic amines) is 1. The molecule has 5 nitrogen and oxygen atoms in total. The third kappa shape index (κ3) is 3.59. The molecule has 0 N–H and O–H groups in total. The van der Waals surface area contributed by atoms with E-state index in [1.54, 1.807) is 0 Å². The Kier molecular flexibility index (Phi) is 4.91. The monoisotopic (exact) mass is 345 g/mol. The number of piperidine rings is 1. The van der Waals surface area contributed by atoms with Gasteiger partial charge in [-0.3, -0.25) is 4.90 Å². The van der Waals surface area contributed by atoms with Crippen molar-refractivity contribution in [3.05, 3.63) is 82.4 Å². The van der Waals surface area contributed by atoms with Crippen LogP contribution in [0.25, 0.3) is 21.3 Å². The second kappa shape index (κ2) is 7.65. The van der Waals surface area contributed by atoms with Crippen LogP contribution in [-0.4, -0.2) is 22.6 Å². The Morgan fingerprint density at radius 2 is 1.81 bits per heavy atom. The van der Waals surface area contributed by atoms with Crippen molar-refractivity contribution in [3.8, 4) is 0 Å². The molecule has 0 amide bonds. The average Bonchev–Trinajstić information content (AvgIpc) is 3.11. The molecule has 0 bridgehead atoms. The summed E-state index contributed by atoms with van der Waals surface area (Å²) in [6.45, 7) is 3.69. The molecule has 0 radical (unpaired) electrons. The van der Waals surface area contributed by atoms with E-state index in [0.29, 0.717) is 12.6 Å². The molecule has 0 saturated carbocycles. The summed E-state index contributed by atoms with van der Waals surface area (Å²) in [6, 6.07) is 19.8. The van der Waals surface area contributed by atoms with Gasteiger partial charge in [0.05, 0.1) is 6.54 Å². The summed E-state index contributed by atoms with van der Waals surface area (Å²) in [4.78, 5) is 5.41. The van der Waals surface area contributed by atoms with Crippen molar-refractivity contribution >= 4 is 10.9 Å². The third-order valence-electron chi connectivity index (χ3n) is 5.30. The molecule has 1 aliphatic rings. The lowest BCUT2D eigenvalue weighted by Crippen LogP contribution is -2.34. The molecular formula is C21H23N5. The summed E-state index contributed by atoms with van der Waals surface area (Å²) in [6.07, 6.45) is 4.54. The predicted octanol–water partition coefficient (Wildman–Crippen LogP) is 5.29. The Morgan fingerprint density at radius 3 is 2.58 bits per heavy atom. The van der Waals surface area contributed by atoms with E-state index in [2.05, 4.69) is 74.2 Å². The van der Waals surface area contributed by atoms with Gasteiger partial charge in [0.1, 0.15) is 0 Å². The van der Waals surface area contributed by atoms with Crippen LogP contribution in [0.15, 0.2) is 65.9 Å². The van der Waals surface area contributed by atoms with Crippen LogP contribution in [0.2, 0.25) is 0 Å². The van der Waals surface area contributed by atoms with Gasteiger partial charge in [0.2, 0.25) is 0 Å². The summed E-state index contributed by atoms with van der Waals surface area (Å²) in [5.41, 5.74) is 12.2. The smallest absolute Gasteiger partial charge is 0.0511 e. The third-order valence-corrected chi connectivity index (χ3v) is 5.30. The Morgan fingerprint density at radius 1 is 1.00 bits per heavy atom. The van der Waals surface area contributed by atoms with E-state index in [1.165, 1.54) is 16.5 Å². The molecular weight excluding hydrogens is 322 g/mol. The van der Waals surface area contributed by atoms with Crippen LogP contribution < -0.4 is 0 Å². The van der Waals surface area contributed by atoms with Crippen molar-refractivity contribution in [2.75, 3.05) is 13.1 Å². The van der Waals surface area contributed by atoms with Crippen LogP contribution in [0.4, 0.5) is 0 Å². The molecule has 1 aromatic heterocycles. The number of azide groups is 1. The maximum atomic E-state index is 8.54. The Balaban J connectivity index is 1.46. The fraction of sp³-hybridized carbons (Fsp3) is 0.333. The van der Waals surface area contributed by atoms with Crippen molar-refractivity contribution in [1.82, 2.24) is 9.47 Å². The second-order valence-corrected chi connectivity index (χ2v) is 7.00. The van der Waals surface area contributed by atoms with Gasteiger partial charge in [-0.05, 0) is 47.0 Å². The Bertz CT molecular complexity index is 916. The highest BCUT2D eigenvalue weighted by molar-refractivity contribution is 5.81. The van der Waals surface area contributed by atoms with Crippen LogP contribution in [0.3, 0.4) is 0 Å². The topological polar surface area (TPSA) is 56.9 Å². The number of hydrogen-bond acceptors (Lipinski definition) is 2. The van der Waals surface area contributed by atoms with Crippen LogP contribution >= 0.6 is 0 Å². The highest BCUT2D eigenvalue weighted by atomic mass is 15.1. The quantitative estimate of drug-likeness (QED) is 0.352. The van der Waals surface area contributed by atoms with Gasteiger partial charge < -0.3 is 4.57 Å². The minimum atomic E-state index is 0.410. The van der Waals surface area contributed by atoms with Gasteiger partial charge in [-0.1, -0.05) is 47.6 Å². The zero-order chi connectivity index (χ0) is 17.8. The van der Waals surface area contributed by atoms with Gasteiger partial charge in [-0.2, -0.15) is 0 Å². The van der Waals surface area contributed by atoms with Crippen LogP contribution in [0.1, 0.15) is 30.0 Å². The Hall–Kier alpha value is -2.75. The summed E-state index contributed by atoms with van der Waals surface area (Å²) in [7, 11) is 0. The zero-order valence-corrected chi connectivity index (χ0v) is 14.8. The molecule has 0 unspecified atom stereocenters. The van der Waals surface area contributed by atoms with Gasteiger partial charge in [0.15, 0.2) is 0 Å². The molecule has 26 heavy (non-hydrogen) atoms. The number of benzene rings is 2. The highest BCUT2D eigenvalue weighted by Crippen LogP contribution is 2.29. The summed E-state index contributed by atoms with van der Waals surface area (Å²) in [5, 5.41) is 4.94. The number of rotatable bonds is 5. The van der Waals surface area contributed by atoms with Crippen molar-refractivity contribution in [2.45, 2.75) is 32.0 Å². The molecule has 1 saturated heterocycles. The Labute approximate surface area is 153 Å². The minimum absolute atomic E-state index is 0.410. The number of hydrogen-bond donors (Lipinski definition) is 0. The molecule has 0 spiro atoms. The number of aromatic nitrogens is 1. The lowest BCUT2D eigenvalue weighted by atomic mass is 10.0. The number of nitrogens with zero attached hydrogens (tertiary/aromatic N) is 5. The van der Waals surface area contributed by atoms with E-state index in [4.69, 9.17) is 5.53 Å². The SMILES string of the molecule is [N-]=[N+]=NCc1ccc2ccn(C3CCN(Cc4ccccc4)CC3)c2c1. The summed E-state index contributed by atoms with van der Waals surface area (Å²) >= 11 is 0. The van der Waals surface area contributed by atoms with E-state index >= 15 is 0 Å². The molecule has 2 heterocycles. The van der Waals surface area contributed by atoms with Crippen LogP contribution in [0.5, 0.6) is 0 Å². The first-order valence-electron chi connectivity index (χ1n) is 9.20. The van der Waals surface area contributed by atoms with Crippen molar-refractivity contribution in [3.63, 3.8) is 0 Å². The first kappa shape index (κ1) is 16.7. The van der Waals surface area contributed by atoms with Crippen molar-refractivity contribution < 1.29 is 0 Å². The molecule has 0 aliphatic carbocycles. The summed E-state index contributed by atoms with van der Waals surface area (Å²) < 4.78 is 2.41. The molecule has 5 heteroatoms. The van der Waals surface area contributed by atoms with E-state index in [-0.39, 0.29) is 0 Å². The van der Waals surface area contributed by atoms with E-state index in [0.717, 1.165) is 38.0 Å². The van der Waals surface area contributed by atoms with Crippen molar-refractivity contribution in [1.29, 1.82) is 0 Å². The average molecular weight is 345 g/mol. The molecule has 3 aromatic rings. The predicted molar refractivity (Wildman–Crippen MR) is 105 cm³/mol. The first-order valence-corrected chi connectivity index (χ1v) is 9.20. The first-order chi connectivity index (χ1) is 12.8. The maximum absolute atomic E-state index is 8.54. The summed E-state index contributed by atoms with van der Waals surface area (Å²) in [5.74, 6) is 0. The fourth-order valence-corrected chi connectivity index (χ4v) is 3.92. The second-order valence-electron chi connectivity index (χ2n) is 7.00. The van der Waals surface area contributed by atoms with Gasteiger partial charge >= 0.3 is 0 Å². The number of fused-ring (bicyclic) bond motifs is 1. The zero-order valence-electron chi connectivity index (χ0n) is 14.8.